The van der Waals surface area contributed by atoms with Crippen LogP contribution in [0.5, 0.6) is 0 Å². The molecule has 0 N–H and O–H groups in total. The van der Waals surface area contributed by atoms with Crippen LogP contribution in [0.4, 0.5) is 0 Å². The van der Waals surface area contributed by atoms with Crippen LogP contribution in [0, 0.1) is 0 Å². The number of hydrogen-bond donors (Lipinski definition) is 0. The van der Waals surface area contributed by atoms with Crippen molar-refractivity contribution in [3.8, 4) is 0 Å². The summed E-state index contributed by atoms with van der Waals surface area (Å²) in [5.41, 5.74) is 0. The minimum atomic E-state index is -1.87. The fraction of sp³-hybridized carbons (Fsp3) is 1.00. The average molecular weight is 158 g/mol. The van der Waals surface area contributed by atoms with Crippen molar-refractivity contribution >= 4 is 70.6 Å². The van der Waals surface area contributed by atoms with Gasteiger partial charge in [-0.15, -0.1) is 20.9 Å². The normalized spacial score (nSPS) is 32.6. The van der Waals surface area contributed by atoms with Crippen LogP contribution in [0.25, 0.3) is 0 Å². The molecule has 1 aliphatic rings. The Bertz CT molecular complexity index is 228. The molecule has 0 aliphatic heterocycles. The summed E-state index contributed by atoms with van der Waals surface area (Å²) < 4.78 is 0. The molecule has 18 radical (unpaired) electrons. The Hall–Kier alpha value is 0.584. The number of rotatable bonds is 0. The first kappa shape index (κ1) is 12.7. The van der Waals surface area contributed by atoms with Gasteiger partial charge < -0.3 is 0 Å². The predicted octanol–water partition coefficient (Wildman–Crippen LogP) is -2.23. The van der Waals surface area contributed by atoms with Gasteiger partial charge in [0.15, 0.2) is 0 Å². The molecule has 0 bridgehead atoms. The third-order valence-corrected chi connectivity index (χ3v) is 3.15. The minimum absolute atomic E-state index is 1.13. The van der Waals surface area contributed by atoms with E-state index >= 15 is 0 Å². The van der Waals surface area contributed by atoms with Gasteiger partial charge in [-0.25, -0.2) is 0 Å². The van der Waals surface area contributed by atoms with Crippen molar-refractivity contribution in [1.82, 2.24) is 0 Å². The highest BCUT2D eigenvalue weighted by atomic mass is 14.5. The molecular formula is C5HB9. The molecule has 9 heteroatoms. The first-order valence-electron chi connectivity index (χ1n) is 3.97. The zero-order chi connectivity index (χ0) is 11.6. The van der Waals surface area contributed by atoms with Crippen molar-refractivity contribution < 1.29 is 0 Å². The van der Waals surface area contributed by atoms with Gasteiger partial charge in [0.2, 0.25) is 0 Å². The lowest BCUT2D eigenvalue weighted by molar-refractivity contribution is 0.682. The van der Waals surface area contributed by atoms with E-state index in [1.54, 1.807) is 0 Å². The summed E-state index contributed by atoms with van der Waals surface area (Å²) in [4.78, 5) is 0. The summed E-state index contributed by atoms with van der Waals surface area (Å²) in [7, 11) is 50.7. The average Bonchev–Trinajstić information content (AvgIpc) is 2.05. The molecule has 0 unspecified atom stereocenters. The van der Waals surface area contributed by atoms with E-state index in [4.69, 9.17) is 70.6 Å². The van der Waals surface area contributed by atoms with Crippen LogP contribution in [-0.4, -0.2) is 70.6 Å². The van der Waals surface area contributed by atoms with Crippen LogP contribution < -0.4 is 0 Å². The van der Waals surface area contributed by atoms with Crippen LogP contribution in [0.2, 0.25) is 26.7 Å². The molecule has 48 valence electrons. The monoisotopic (exact) mass is 160 g/mol. The molecule has 1 aliphatic carbocycles. The molecule has 0 aromatic carbocycles. The summed E-state index contributed by atoms with van der Waals surface area (Å²) in [5, 5.41) is -7.24. The Labute approximate surface area is 97.6 Å². The number of hydrogen-bond acceptors (Lipinski definition) is 0. The van der Waals surface area contributed by atoms with Crippen molar-refractivity contribution in [3.63, 3.8) is 0 Å². The summed E-state index contributed by atoms with van der Waals surface area (Å²) in [6.07, 6.45) is 0. The third-order valence-electron chi connectivity index (χ3n) is 3.15. The zero-order valence-electron chi connectivity index (χ0n) is 7.77. The van der Waals surface area contributed by atoms with Crippen molar-refractivity contribution in [3.05, 3.63) is 0 Å². The van der Waals surface area contributed by atoms with E-state index in [1.165, 1.54) is 0 Å². The lowest BCUT2D eigenvalue weighted by Gasteiger charge is -2.51. The van der Waals surface area contributed by atoms with Gasteiger partial charge in [0.05, 0.1) is 70.6 Å². The molecule has 0 heterocycles. The predicted molar refractivity (Wildman–Crippen MR) is 66.3 cm³/mol. The lowest BCUT2D eigenvalue weighted by Crippen LogP contribution is -2.39. The first-order valence-corrected chi connectivity index (χ1v) is 3.97. The van der Waals surface area contributed by atoms with Crippen molar-refractivity contribution in [2.24, 2.45) is 0 Å². The standard InChI is InChI=1S/C5HB9/c6-1-2(7,8)4(11,12)5(13,14)3(1,9)10/h1H. The molecule has 0 spiro atoms. The fourth-order valence-electron chi connectivity index (χ4n) is 1.63. The Morgan fingerprint density at radius 3 is 0.857 bits per heavy atom. The zero-order valence-corrected chi connectivity index (χ0v) is 7.77. The van der Waals surface area contributed by atoms with Crippen LogP contribution in [0.1, 0.15) is 0 Å². The molecule has 1 saturated carbocycles. The highest BCUT2D eigenvalue weighted by Gasteiger charge is 2.61. The highest BCUT2D eigenvalue weighted by Crippen LogP contribution is 2.80. The summed E-state index contributed by atoms with van der Waals surface area (Å²) in [6, 6.07) is 0. The third kappa shape index (κ3) is 1.08. The second kappa shape index (κ2) is 2.83. The van der Waals surface area contributed by atoms with Gasteiger partial charge in [0.1, 0.15) is 0 Å². The van der Waals surface area contributed by atoms with Gasteiger partial charge in [-0.3, -0.25) is 0 Å². The van der Waals surface area contributed by atoms with Crippen molar-refractivity contribution in [2.45, 2.75) is 26.7 Å². The Kier molecular flexibility index (Phi) is 2.56. The van der Waals surface area contributed by atoms with Crippen LogP contribution >= 0.6 is 0 Å². The van der Waals surface area contributed by atoms with Crippen molar-refractivity contribution in [2.75, 3.05) is 0 Å². The van der Waals surface area contributed by atoms with E-state index in [0.717, 1.165) is 0 Å². The maximum absolute atomic E-state index is 5.64. The molecule has 0 nitrogen and oxygen atoms in total. The quantitative estimate of drug-likeness (QED) is 0.350. The maximum atomic E-state index is 5.64. The Balaban J connectivity index is 3.38. The van der Waals surface area contributed by atoms with Gasteiger partial charge in [-0.1, -0.05) is 5.82 Å². The maximum Gasteiger partial charge on any atom is 0.0673 e. The van der Waals surface area contributed by atoms with Gasteiger partial charge in [-0.2, -0.15) is 0 Å². The summed E-state index contributed by atoms with van der Waals surface area (Å²) in [5.74, 6) is -1.13. The van der Waals surface area contributed by atoms with Gasteiger partial charge in [0, 0.05) is 0 Å². The Morgan fingerprint density at radius 2 is 0.786 bits per heavy atom. The smallest absolute Gasteiger partial charge is 0.0673 e. The van der Waals surface area contributed by atoms with E-state index in [2.05, 4.69) is 0 Å². The van der Waals surface area contributed by atoms with Crippen LogP contribution in [-0.2, 0) is 0 Å². The molecule has 0 saturated heterocycles. The molecule has 1 rings (SSSR count). The molecular weight excluding hydrogens is 157 g/mol. The lowest BCUT2D eigenvalue weighted by atomic mass is 9.17. The molecule has 0 aromatic heterocycles. The fourth-order valence-corrected chi connectivity index (χ4v) is 1.63. The van der Waals surface area contributed by atoms with Crippen molar-refractivity contribution in [1.29, 1.82) is 0 Å². The largest absolute Gasteiger partial charge is 0.119 e. The van der Waals surface area contributed by atoms with Crippen LogP contribution in [0.3, 0.4) is 0 Å². The highest BCUT2D eigenvalue weighted by molar-refractivity contribution is 6.70. The SMILES string of the molecule is [B]C1C([B])([B])C([B])([B])C([B])([B])C1([B])[B]. The van der Waals surface area contributed by atoms with E-state index in [1.807, 2.05) is 0 Å². The van der Waals surface area contributed by atoms with E-state index < -0.39 is 26.7 Å². The second-order valence-electron chi connectivity index (χ2n) is 4.08. The van der Waals surface area contributed by atoms with Gasteiger partial charge in [-0.05, 0) is 0 Å². The molecule has 14 heavy (non-hydrogen) atoms. The summed E-state index contributed by atoms with van der Waals surface area (Å²) in [6.45, 7) is 0. The second-order valence-corrected chi connectivity index (χ2v) is 4.08. The summed E-state index contributed by atoms with van der Waals surface area (Å²) >= 11 is 0. The molecule has 0 amide bonds. The van der Waals surface area contributed by atoms with Gasteiger partial charge in [0.25, 0.3) is 0 Å². The molecule has 0 atom stereocenters. The van der Waals surface area contributed by atoms with Gasteiger partial charge >= 0.3 is 0 Å². The van der Waals surface area contributed by atoms with Crippen LogP contribution in [0.15, 0.2) is 0 Å². The first-order chi connectivity index (χ1) is 5.90. The molecule has 1 fully saturated rings. The van der Waals surface area contributed by atoms with E-state index in [-0.39, 0.29) is 0 Å². The topological polar surface area (TPSA) is 0 Å². The van der Waals surface area contributed by atoms with E-state index in [0.29, 0.717) is 0 Å². The van der Waals surface area contributed by atoms with E-state index in [9.17, 15) is 0 Å². The molecule has 0 aromatic rings. The minimum Gasteiger partial charge on any atom is -0.119 e. The Morgan fingerprint density at radius 1 is 0.571 bits per heavy atom.